The van der Waals surface area contributed by atoms with E-state index < -0.39 is 11.5 Å². The number of amides is 1. The third-order valence-corrected chi connectivity index (χ3v) is 3.28. The summed E-state index contributed by atoms with van der Waals surface area (Å²) in [4.78, 5) is 23.5. The molecule has 1 N–H and O–H groups in total. The lowest BCUT2D eigenvalue weighted by Crippen LogP contribution is -2.40. The van der Waals surface area contributed by atoms with Crippen LogP contribution in [0.4, 0.5) is 0 Å². The van der Waals surface area contributed by atoms with Gasteiger partial charge in [0.2, 0.25) is 5.91 Å². The Morgan fingerprint density at radius 3 is 2.19 bits per heavy atom. The number of benzene rings is 1. The lowest BCUT2D eigenvalue weighted by molar-refractivity contribution is -0.127. The predicted molar refractivity (Wildman–Crippen MR) is 60.8 cm³/mol. The van der Waals surface area contributed by atoms with Crippen molar-refractivity contribution in [3.05, 3.63) is 35.4 Å². The van der Waals surface area contributed by atoms with Gasteiger partial charge in [0, 0.05) is 0 Å². The van der Waals surface area contributed by atoms with Gasteiger partial charge >= 0.3 is 0 Å². The topological polar surface area (TPSA) is 46.2 Å². The van der Waals surface area contributed by atoms with E-state index in [9.17, 15) is 9.59 Å². The fourth-order valence-corrected chi connectivity index (χ4v) is 2.07. The van der Waals surface area contributed by atoms with Gasteiger partial charge in [-0.2, -0.15) is 0 Å². The first kappa shape index (κ1) is 10.9. The van der Waals surface area contributed by atoms with Crippen molar-refractivity contribution in [2.45, 2.75) is 26.3 Å². The second-order valence-corrected chi connectivity index (χ2v) is 4.57. The average Bonchev–Trinajstić information content (AvgIpc) is 2.45. The molecule has 1 aliphatic rings. The zero-order valence-electron chi connectivity index (χ0n) is 9.70. The number of carbonyl (C=O) groups is 2. The average molecular weight is 217 g/mol. The Kier molecular flexibility index (Phi) is 2.34. The summed E-state index contributed by atoms with van der Waals surface area (Å²) >= 11 is 0. The van der Waals surface area contributed by atoms with Gasteiger partial charge in [0.25, 0.3) is 0 Å². The van der Waals surface area contributed by atoms with E-state index in [2.05, 4.69) is 5.32 Å². The molecule has 0 spiro atoms. The van der Waals surface area contributed by atoms with E-state index in [-0.39, 0.29) is 11.7 Å². The molecule has 0 radical (unpaired) electrons. The molecule has 0 saturated carbocycles. The molecule has 1 aliphatic heterocycles. The highest BCUT2D eigenvalue weighted by Crippen LogP contribution is 2.30. The summed E-state index contributed by atoms with van der Waals surface area (Å²) in [5.41, 5.74) is 1.13. The summed E-state index contributed by atoms with van der Waals surface area (Å²) in [5, 5.41) is 2.78. The number of aryl methyl sites for hydroxylation is 1. The number of carbonyl (C=O) groups excluding carboxylic acids is 2. The van der Waals surface area contributed by atoms with Crippen molar-refractivity contribution in [2.75, 3.05) is 0 Å². The number of Topliss-reactive ketones (excluding diaryl/α,β-unsaturated/α-hetero) is 1. The SMILES string of the molecule is Cc1ccc(C2(C)NC(=O)C(C)C2=O)cc1. The second-order valence-electron chi connectivity index (χ2n) is 4.57. The number of hydrogen-bond acceptors (Lipinski definition) is 2. The fourth-order valence-electron chi connectivity index (χ4n) is 2.07. The smallest absolute Gasteiger partial charge is 0.231 e. The Bertz CT molecular complexity index is 450. The summed E-state index contributed by atoms with van der Waals surface area (Å²) in [7, 11) is 0. The molecule has 2 unspecified atom stereocenters. The maximum Gasteiger partial charge on any atom is 0.231 e. The van der Waals surface area contributed by atoms with Crippen LogP contribution in [0.5, 0.6) is 0 Å². The molecule has 1 saturated heterocycles. The molecule has 1 aromatic carbocycles. The van der Waals surface area contributed by atoms with Gasteiger partial charge in [-0.25, -0.2) is 0 Å². The summed E-state index contributed by atoms with van der Waals surface area (Å²) in [5.74, 6) is -0.791. The van der Waals surface area contributed by atoms with Crippen molar-refractivity contribution in [3.63, 3.8) is 0 Å². The minimum absolute atomic E-state index is 0.0543. The molecular weight excluding hydrogens is 202 g/mol. The monoisotopic (exact) mass is 217 g/mol. The molecule has 1 fully saturated rings. The third kappa shape index (κ3) is 1.43. The number of nitrogens with one attached hydrogen (secondary N) is 1. The van der Waals surface area contributed by atoms with Crippen LogP contribution >= 0.6 is 0 Å². The Balaban J connectivity index is 2.44. The van der Waals surface area contributed by atoms with Crippen LogP contribution in [0.3, 0.4) is 0 Å². The van der Waals surface area contributed by atoms with Crippen molar-refractivity contribution < 1.29 is 9.59 Å². The number of rotatable bonds is 1. The van der Waals surface area contributed by atoms with Crippen LogP contribution < -0.4 is 5.32 Å². The second kappa shape index (κ2) is 3.44. The van der Waals surface area contributed by atoms with Gasteiger partial charge in [-0.1, -0.05) is 29.8 Å². The molecule has 2 rings (SSSR count). The van der Waals surface area contributed by atoms with E-state index in [4.69, 9.17) is 0 Å². The van der Waals surface area contributed by atoms with Crippen molar-refractivity contribution in [3.8, 4) is 0 Å². The maximum absolute atomic E-state index is 12.0. The summed E-state index contributed by atoms with van der Waals surface area (Å²) < 4.78 is 0. The molecule has 1 aromatic rings. The fraction of sp³-hybridized carbons (Fsp3) is 0.385. The highest BCUT2D eigenvalue weighted by molar-refractivity contribution is 6.12. The molecule has 1 heterocycles. The van der Waals surface area contributed by atoms with E-state index in [0.29, 0.717) is 0 Å². The highest BCUT2D eigenvalue weighted by Gasteiger charge is 2.48. The van der Waals surface area contributed by atoms with E-state index in [1.165, 1.54) is 0 Å². The zero-order chi connectivity index (χ0) is 11.9. The summed E-state index contributed by atoms with van der Waals surface area (Å²) in [6.07, 6.45) is 0. The number of ketones is 1. The van der Waals surface area contributed by atoms with Crippen molar-refractivity contribution in [2.24, 2.45) is 5.92 Å². The van der Waals surface area contributed by atoms with E-state index in [1.54, 1.807) is 13.8 Å². The Hall–Kier alpha value is -1.64. The van der Waals surface area contributed by atoms with E-state index >= 15 is 0 Å². The van der Waals surface area contributed by atoms with Gasteiger partial charge in [0.05, 0.1) is 5.92 Å². The van der Waals surface area contributed by atoms with Crippen LogP contribution in [0.25, 0.3) is 0 Å². The first-order chi connectivity index (χ1) is 7.45. The first-order valence-corrected chi connectivity index (χ1v) is 5.38. The van der Waals surface area contributed by atoms with Crippen LogP contribution in [-0.2, 0) is 15.1 Å². The van der Waals surface area contributed by atoms with Crippen LogP contribution in [0.1, 0.15) is 25.0 Å². The summed E-state index contributed by atoms with van der Waals surface area (Å²) in [6, 6.07) is 7.68. The van der Waals surface area contributed by atoms with Crippen LogP contribution in [0.15, 0.2) is 24.3 Å². The van der Waals surface area contributed by atoms with Gasteiger partial charge < -0.3 is 5.32 Å². The molecule has 0 aliphatic carbocycles. The standard InChI is InChI=1S/C13H15NO2/c1-8-4-6-10(7-5-8)13(3)11(15)9(2)12(16)14-13/h4-7,9H,1-3H3,(H,14,16). The van der Waals surface area contributed by atoms with Gasteiger partial charge in [-0.3, -0.25) is 9.59 Å². The molecular formula is C13H15NO2. The Labute approximate surface area is 94.9 Å². The van der Waals surface area contributed by atoms with Gasteiger partial charge in [0.1, 0.15) is 5.54 Å². The van der Waals surface area contributed by atoms with Crippen LogP contribution in [0, 0.1) is 12.8 Å². The normalized spacial score (nSPS) is 29.3. The van der Waals surface area contributed by atoms with Gasteiger partial charge in [0.15, 0.2) is 5.78 Å². The summed E-state index contributed by atoms with van der Waals surface area (Å²) in [6.45, 7) is 5.41. The largest absolute Gasteiger partial charge is 0.339 e. The predicted octanol–water partition coefficient (Wildman–Crippen LogP) is 1.55. The molecule has 1 amide bonds. The molecule has 2 atom stereocenters. The third-order valence-electron chi connectivity index (χ3n) is 3.28. The van der Waals surface area contributed by atoms with Crippen molar-refractivity contribution in [1.29, 1.82) is 0 Å². The van der Waals surface area contributed by atoms with E-state index in [0.717, 1.165) is 11.1 Å². The van der Waals surface area contributed by atoms with Crippen LogP contribution in [-0.4, -0.2) is 11.7 Å². The van der Waals surface area contributed by atoms with Gasteiger partial charge in [-0.15, -0.1) is 0 Å². The number of hydrogen-bond donors (Lipinski definition) is 1. The van der Waals surface area contributed by atoms with E-state index in [1.807, 2.05) is 31.2 Å². The van der Waals surface area contributed by atoms with Crippen molar-refractivity contribution >= 4 is 11.7 Å². The molecule has 0 aromatic heterocycles. The maximum atomic E-state index is 12.0. The quantitative estimate of drug-likeness (QED) is 0.725. The lowest BCUT2D eigenvalue weighted by atomic mass is 9.86. The molecule has 0 bridgehead atoms. The molecule has 16 heavy (non-hydrogen) atoms. The minimum Gasteiger partial charge on any atom is -0.339 e. The minimum atomic E-state index is -0.857. The molecule has 3 nitrogen and oxygen atoms in total. The lowest BCUT2D eigenvalue weighted by Gasteiger charge is -2.23. The first-order valence-electron chi connectivity index (χ1n) is 5.38. The van der Waals surface area contributed by atoms with Crippen molar-refractivity contribution in [1.82, 2.24) is 5.32 Å². The molecule has 3 heteroatoms. The highest BCUT2D eigenvalue weighted by atomic mass is 16.2. The Morgan fingerprint density at radius 1 is 1.19 bits per heavy atom. The molecule has 84 valence electrons. The zero-order valence-corrected chi connectivity index (χ0v) is 9.70. The van der Waals surface area contributed by atoms with Crippen LogP contribution in [0.2, 0.25) is 0 Å². The van der Waals surface area contributed by atoms with Gasteiger partial charge in [-0.05, 0) is 26.3 Å². The Morgan fingerprint density at radius 2 is 1.75 bits per heavy atom.